The Hall–Kier alpha value is -0.680. The summed E-state index contributed by atoms with van der Waals surface area (Å²) in [5, 5.41) is 4.16. The van der Waals surface area contributed by atoms with Crippen LogP contribution in [0.15, 0.2) is 10.7 Å². The van der Waals surface area contributed by atoms with E-state index in [1.54, 1.807) is 10.9 Å². The van der Waals surface area contributed by atoms with Crippen LogP contribution in [-0.2, 0) is 11.3 Å². The second-order valence-electron chi connectivity index (χ2n) is 4.89. The average Bonchev–Trinajstić information content (AvgIpc) is 2.56. The van der Waals surface area contributed by atoms with Crippen LogP contribution in [0.1, 0.15) is 44.6 Å². The predicted octanol–water partition coefficient (Wildman–Crippen LogP) is 3.05. The van der Waals surface area contributed by atoms with Gasteiger partial charge in [0.05, 0.1) is 16.3 Å². The van der Waals surface area contributed by atoms with E-state index < -0.39 is 0 Å². The van der Waals surface area contributed by atoms with E-state index in [1.807, 2.05) is 20.8 Å². The van der Waals surface area contributed by atoms with Crippen molar-refractivity contribution in [3.8, 4) is 0 Å². The molecule has 5 heteroatoms. The molecule has 0 aliphatic carbocycles. The molecule has 0 atom stereocenters. The number of halogens is 1. The minimum absolute atomic E-state index is 0.0437. The molecule has 0 unspecified atom stereocenters. The molecule has 1 aromatic rings. The Morgan fingerprint density at radius 3 is 2.71 bits per heavy atom. The number of hydrogen-bond acceptors (Lipinski definition) is 3. The van der Waals surface area contributed by atoms with Crippen LogP contribution in [0.3, 0.4) is 0 Å². The van der Waals surface area contributed by atoms with E-state index in [4.69, 9.17) is 4.74 Å². The normalized spacial score (nSPS) is 11.8. The van der Waals surface area contributed by atoms with Gasteiger partial charge in [-0.3, -0.25) is 9.48 Å². The maximum Gasteiger partial charge on any atom is 0.207 e. The Bertz CT molecular complexity index is 394. The number of Topliss-reactive ketones (excluding diaryl/α,β-unsaturated/α-hetero) is 1. The lowest BCUT2D eigenvalue weighted by Crippen LogP contribution is -2.25. The third-order valence-corrected chi connectivity index (χ3v) is 2.71. The molecule has 96 valence electrons. The van der Waals surface area contributed by atoms with Crippen LogP contribution in [0, 0.1) is 0 Å². The van der Waals surface area contributed by atoms with Gasteiger partial charge < -0.3 is 4.74 Å². The van der Waals surface area contributed by atoms with Crippen molar-refractivity contribution in [2.75, 3.05) is 6.61 Å². The van der Waals surface area contributed by atoms with Crippen LogP contribution in [0.2, 0.25) is 0 Å². The zero-order chi connectivity index (χ0) is 13.1. The van der Waals surface area contributed by atoms with Gasteiger partial charge in [0.15, 0.2) is 0 Å². The number of ketones is 1. The van der Waals surface area contributed by atoms with Crippen molar-refractivity contribution in [3.63, 3.8) is 0 Å². The van der Waals surface area contributed by atoms with Crippen molar-refractivity contribution in [2.45, 2.75) is 46.3 Å². The molecule has 0 radical (unpaired) electrons. The summed E-state index contributed by atoms with van der Waals surface area (Å²) in [6.45, 7) is 8.66. The quantitative estimate of drug-likeness (QED) is 0.785. The molecule has 0 spiro atoms. The van der Waals surface area contributed by atoms with Gasteiger partial charge in [0.1, 0.15) is 12.3 Å². The van der Waals surface area contributed by atoms with Crippen LogP contribution >= 0.6 is 15.9 Å². The standard InChI is InChI=1S/C12H19BrN2O2/c1-5-6-15-11(9(13)7-14-15)10(16)8-17-12(2,3)4/h7H,5-6,8H2,1-4H3. The SMILES string of the molecule is CCCn1ncc(Br)c1C(=O)COC(C)(C)C. The number of nitrogens with zero attached hydrogens (tertiary/aromatic N) is 2. The number of hydrogen-bond donors (Lipinski definition) is 0. The van der Waals surface area contributed by atoms with Gasteiger partial charge in [-0.2, -0.15) is 5.10 Å². The number of aryl methyl sites for hydroxylation is 1. The molecule has 1 heterocycles. The van der Waals surface area contributed by atoms with E-state index in [2.05, 4.69) is 28.0 Å². The summed E-state index contributed by atoms with van der Waals surface area (Å²) in [6.07, 6.45) is 2.59. The Morgan fingerprint density at radius 1 is 1.53 bits per heavy atom. The third-order valence-electron chi connectivity index (χ3n) is 2.13. The molecule has 1 aromatic heterocycles. The molecule has 0 fully saturated rings. The molecule has 1 rings (SSSR count). The Kier molecular flexibility index (Phi) is 4.89. The summed E-state index contributed by atoms with van der Waals surface area (Å²) in [5.41, 5.74) is 0.286. The molecule has 0 N–H and O–H groups in total. The third kappa shape index (κ3) is 4.24. The topological polar surface area (TPSA) is 44.1 Å². The molecule has 0 aliphatic heterocycles. The molecule has 4 nitrogen and oxygen atoms in total. The van der Waals surface area contributed by atoms with Gasteiger partial charge in [0, 0.05) is 6.54 Å². The van der Waals surface area contributed by atoms with Crippen LogP contribution < -0.4 is 0 Å². The van der Waals surface area contributed by atoms with E-state index in [0.29, 0.717) is 5.69 Å². The Balaban J connectivity index is 2.77. The first-order valence-corrected chi connectivity index (χ1v) is 6.53. The predicted molar refractivity (Wildman–Crippen MR) is 70.3 cm³/mol. The van der Waals surface area contributed by atoms with Gasteiger partial charge in [0.2, 0.25) is 5.78 Å². The highest BCUT2D eigenvalue weighted by atomic mass is 79.9. The van der Waals surface area contributed by atoms with E-state index in [-0.39, 0.29) is 18.0 Å². The summed E-state index contributed by atoms with van der Waals surface area (Å²) in [7, 11) is 0. The lowest BCUT2D eigenvalue weighted by Gasteiger charge is -2.19. The average molecular weight is 303 g/mol. The maximum absolute atomic E-state index is 12.1. The number of aromatic nitrogens is 2. The van der Waals surface area contributed by atoms with Crippen LogP contribution in [0.5, 0.6) is 0 Å². The number of rotatable bonds is 5. The van der Waals surface area contributed by atoms with E-state index in [9.17, 15) is 4.79 Å². The van der Waals surface area contributed by atoms with Gasteiger partial charge in [0.25, 0.3) is 0 Å². The fourth-order valence-corrected chi connectivity index (χ4v) is 1.89. The first-order valence-electron chi connectivity index (χ1n) is 5.73. The summed E-state index contributed by atoms with van der Waals surface area (Å²) >= 11 is 3.35. The fourth-order valence-electron chi connectivity index (χ4n) is 1.37. The zero-order valence-electron chi connectivity index (χ0n) is 10.8. The van der Waals surface area contributed by atoms with Crippen molar-refractivity contribution in [1.82, 2.24) is 9.78 Å². The van der Waals surface area contributed by atoms with Crippen molar-refractivity contribution < 1.29 is 9.53 Å². The lowest BCUT2D eigenvalue weighted by atomic mass is 10.2. The molecule has 0 saturated carbocycles. The molecular weight excluding hydrogens is 284 g/mol. The highest BCUT2D eigenvalue weighted by Crippen LogP contribution is 2.18. The number of carbonyl (C=O) groups excluding carboxylic acids is 1. The molecule has 17 heavy (non-hydrogen) atoms. The molecule has 0 aliphatic rings. The first kappa shape index (κ1) is 14.4. The molecular formula is C12H19BrN2O2. The Morgan fingerprint density at radius 2 is 2.18 bits per heavy atom. The minimum Gasteiger partial charge on any atom is -0.368 e. The highest BCUT2D eigenvalue weighted by Gasteiger charge is 2.19. The second-order valence-corrected chi connectivity index (χ2v) is 5.74. The number of carbonyl (C=O) groups is 1. The largest absolute Gasteiger partial charge is 0.368 e. The van der Waals surface area contributed by atoms with E-state index >= 15 is 0 Å². The minimum atomic E-state index is -0.308. The summed E-state index contributed by atoms with van der Waals surface area (Å²) in [5.74, 6) is -0.0437. The summed E-state index contributed by atoms with van der Waals surface area (Å²) in [6, 6.07) is 0. The van der Waals surface area contributed by atoms with Crippen molar-refractivity contribution in [2.24, 2.45) is 0 Å². The van der Waals surface area contributed by atoms with E-state index in [0.717, 1.165) is 17.4 Å². The smallest absolute Gasteiger partial charge is 0.207 e. The second kappa shape index (κ2) is 5.78. The molecule has 0 aromatic carbocycles. The zero-order valence-corrected chi connectivity index (χ0v) is 12.4. The van der Waals surface area contributed by atoms with Gasteiger partial charge in [-0.1, -0.05) is 6.92 Å². The van der Waals surface area contributed by atoms with Gasteiger partial charge in [-0.15, -0.1) is 0 Å². The monoisotopic (exact) mass is 302 g/mol. The molecule has 0 amide bonds. The van der Waals surface area contributed by atoms with Crippen LogP contribution in [-0.4, -0.2) is 27.8 Å². The van der Waals surface area contributed by atoms with E-state index in [1.165, 1.54) is 0 Å². The van der Waals surface area contributed by atoms with Crippen LogP contribution in [0.25, 0.3) is 0 Å². The summed E-state index contributed by atoms with van der Waals surface area (Å²) in [4.78, 5) is 12.1. The molecule has 0 bridgehead atoms. The van der Waals surface area contributed by atoms with Crippen molar-refractivity contribution in [3.05, 3.63) is 16.4 Å². The van der Waals surface area contributed by atoms with Gasteiger partial charge in [-0.05, 0) is 43.1 Å². The number of ether oxygens (including phenoxy) is 1. The first-order chi connectivity index (χ1) is 7.85. The van der Waals surface area contributed by atoms with Crippen molar-refractivity contribution in [1.29, 1.82) is 0 Å². The lowest BCUT2D eigenvalue weighted by molar-refractivity contribution is 0.00261. The van der Waals surface area contributed by atoms with Crippen LogP contribution in [0.4, 0.5) is 0 Å². The fraction of sp³-hybridized carbons (Fsp3) is 0.667. The summed E-state index contributed by atoms with van der Waals surface area (Å²) < 4.78 is 7.94. The van der Waals surface area contributed by atoms with Gasteiger partial charge >= 0.3 is 0 Å². The Labute approximate surface area is 110 Å². The highest BCUT2D eigenvalue weighted by molar-refractivity contribution is 9.10. The van der Waals surface area contributed by atoms with Crippen molar-refractivity contribution >= 4 is 21.7 Å². The maximum atomic E-state index is 12.1. The molecule has 0 saturated heterocycles. The van der Waals surface area contributed by atoms with Gasteiger partial charge in [-0.25, -0.2) is 0 Å².